The van der Waals surface area contributed by atoms with Gasteiger partial charge in [-0.1, -0.05) is 27.5 Å². The van der Waals surface area contributed by atoms with Gasteiger partial charge in [-0.15, -0.1) is 11.8 Å². The molecule has 28 heavy (non-hydrogen) atoms. The van der Waals surface area contributed by atoms with Crippen LogP contribution in [0.4, 0.5) is 0 Å². The number of hydrogen-bond acceptors (Lipinski definition) is 5. The van der Waals surface area contributed by atoms with Crippen molar-refractivity contribution in [2.45, 2.75) is 16.6 Å². The van der Waals surface area contributed by atoms with Crippen molar-refractivity contribution in [3.63, 3.8) is 0 Å². The number of hydrogen-bond donors (Lipinski definition) is 0. The predicted octanol–water partition coefficient (Wildman–Crippen LogP) is 4.85. The zero-order chi connectivity index (χ0) is 19.7. The van der Waals surface area contributed by atoms with Gasteiger partial charge in [0, 0.05) is 34.0 Å². The normalized spacial score (nSPS) is 22.6. The van der Waals surface area contributed by atoms with Gasteiger partial charge < -0.3 is 9.47 Å². The summed E-state index contributed by atoms with van der Waals surface area (Å²) in [5.74, 6) is 0.779. The molecular weight excluding hydrogens is 462 g/mol. The molecule has 2 aliphatic rings. The van der Waals surface area contributed by atoms with Crippen molar-refractivity contribution in [2.75, 3.05) is 39.5 Å². The van der Waals surface area contributed by atoms with Crippen LogP contribution in [-0.4, -0.2) is 54.9 Å². The number of ketones is 1. The molecule has 2 aromatic carbocycles. The highest BCUT2D eigenvalue weighted by Crippen LogP contribution is 2.43. The Bertz CT molecular complexity index is 886. The van der Waals surface area contributed by atoms with E-state index in [1.165, 1.54) is 0 Å². The van der Waals surface area contributed by atoms with E-state index in [9.17, 15) is 4.79 Å². The average Bonchev–Trinajstić information content (AvgIpc) is 2.69. The lowest BCUT2D eigenvalue weighted by molar-refractivity contribution is 0.0287. The summed E-state index contributed by atoms with van der Waals surface area (Å²) in [7, 11) is 0. The lowest BCUT2D eigenvalue weighted by Crippen LogP contribution is -2.54. The average molecular weight is 483 g/mol. The minimum Gasteiger partial charge on any atom is -0.491 e. The van der Waals surface area contributed by atoms with Gasteiger partial charge in [-0.2, -0.15) is 0 Å². The molecule has 0 spiro atoms. The third-order valence-corrected chi connectivity index (χ3v) is 7.53. The number of morpholine rings is 1. The van der Waals surface area contributed by atoms with Crippen LogP contribution in [0.15, 0.2) is 45.8 Å². The number of Topliss-reactive ketones (excluding diaryl/α,β-unsaturated/α-hetero) is 1. The number of rotatable bonds is 4. The van der Waals surface area contributed by atoms with E-state index in [4.69, 9.17) is 21.1 Å². The molecule has 0 radical (unpaired) electrons. The zero-order valence-corrected chi connectivity index (χ0v) is 18.7. The van der Waals surface area contributed by atoms with Crippen molar-refractivity contribution in [3.8, 4) is 5.75 Å². The SMILES string of the molecule is Cc1cc2c(cc1Br)C(=O)C(CN1CCOCC1)(Sc1ccc(Cl)cc1)CO2. The van der Waals surface area contributed by atoms with Crippen molar-refractivity contribution in [1.29, 1.82) is 0 Å². The molecule has 0 amide bonds. The number of ether oxygens (including phenoxy) is 2. The molecule has 1 unspecified atom stereocenters. The standard InChI is InChI=1S/C21H21BrClNO3S/c1-14-10-19-17(11-18(14)22)20(25)21(13-27-19,12-24-6-8-26-9-7-24)28-16-4-2-15(23)3-5-16/h2-5,10-11H,6-9,12-13H2,1H3. The third kappa shape index (κ3) is 4.12. The first-order chi connectivity index (χ1) is 13.5. The number of benzene rings is 2. The molecule has 1 atom stereocenters. The van der Waals surface area contributed by atoms with Crippen molar-refractivity contribution in [3.05, 3.63) is 57.0 Å². The highest BCUT2D eigenvalue weighted by atomic mass is 79.9. The molecule has 4 nitrogen and oxygen atoms in total. The summed E-state index contributed by atoms with van der Waals surface area (Å²) in [6.45, 7) is 5.98. The summed E-state index contributed by atoms with van der Waals surface area (Å²) >= 11 is 11.2. The summed E-state index contributed by atoms with van der Waals surface area (Å²) in [4.78, 5) is 17.0. The summed E-state index contributed by atoms with van der Waals surface area (Å²) < 4.78 is 11.8. The van der Waals surface area contributed by atoms with Crippen LogP contribution in [0.5, 0.6) is 5.75 Å². The van der Waals surface area contributed by atoms with Gasteiger partial charge in [-0.05, 0) is 48.9 Å². The van der Waals surface area contributed by atoms with Gasteiger partial charge in [0.05, 0.1) is 18.8 Å². The third-order valence-electron chi connectivity index (χ3n) is 5.09. The Balaban J connectivity index is 1.70. The number of nitrogens with zero attached hydrogens (tertiary/aromatic N) is 1. The lowest BCUT2D eigenvalue weighted by Gasteiger charge is -2.40. The molecule has 0 bridgehead atoms. The van der Waals surface area contributed by atoms with E-state index >= 15 is 0 Å². The van der Waals surface area contributed by atoms with Crippen LogP contribution >= 0.6 is 39.3 Å². The van der Waals surface area contributed by atoms with Crippen molar-refractivity contribution in [2.24, 2.45) is 0 Å². The van der Waals surface area contributed by atoms with Crippen LogP contribution in [0.3, 0.4) is 0 Å². The highest BCUT2D eigenvalue weighted by molar-refractivity contribution is 9.10. The number of fused-ring (bicyclic) bond motifs is 1. The van der Waals surface area contributed by atoms with Gasteiger partial charge in [-0.25, -0.2) is 0 Å². The van der Waals surface area contributed by atoms with E-state index in [0.717, 1.165) is 28.0 Å². The fraction of sp³-hybridized carbons (Fsp3) is 0.381. The Hall–Kier alpha value is -1.05. The molecular formula is C21H21BrClNO3S. The predicted molar refractivity (Wildman–Crippen MR) is 116 cm³/mol. The molecule has 1 fully saturated rings. The Labute approximate surface area is 182 Å². The van der Waals surface area contributed by atoms with E-state index < -0.39 is 4.75 Å². The molecule has 0 N–H and O–H groups in total. The number of halogens is 2. The fourth-order valence-corrected chi connectivity index (χ4v) is 5.29. The first-order valence-corrected chi connectivity index (χ1v) is 11.2. The maximum absolute atomic E-state index is 13.7. The molecule has 148 valence electrons. The van der Waals surface area contributed by atoms with Crippen LogP contribution in [-0.2, 0) is 4.74 Å². The molecule has 7 heteroatoms. The molecule has 0 saturated carbocycles. The molecule has 2 aromatic rings. The second kappa shape index (κ2) is 8.36. The van der Waals surface area contributed by atoms with Gasteiger partial charge in [0.15, 0.2) is 5.78 Å². The molecule has 0 aromatic heterocycles. The van der Waals surface area contributed by atoms with Gasteiger partial charge >= 0.3 is 0 Å². The Morgan fingerprint density at radius 3 is 2.64 bits per heavy atom. The van der Waals surface area contributed by atoms with E-state index in [-0.39, 0.29) is 5.78 Å². The number of carbonyl (C=O) groups excluding carboxylic acids is 1. The molecule has 1 saturated heterocycles. The van der Waals surface area contributed by atoms with E-state index in [0.29, 0.717) is 42.7 Å². The first kappa shape index (κ1) is 20.2. The Morgan fingerprint density at radius 1 is 1.21 bits per heavy atom. The van der Waals surface area contributed by atoms with E-state index in [1.54, 1.807) is 11.8 Å². The smallest absolute Gasteiger partial charge is 0.187 e. The second-order valence-corrected chi connectivity index (χ2v) is 9.90. The monoisotopic (exact) mass is 481 g/mol. The summed E-state index contributed by atoms with van der Waals surface area (Å²) in [6, 6.07) is 11.5. The van der Waals surface area contributed by atoms with Gasteiger partial charge in [0.25, 0.3) is 0 Å². The van der Waals surface area contributed by atoms with Crippen LogP contribution in [0.1, 0.15) is 15.9 Å². The Kier molecular flexibility index (Phi) is 6.04. The van der Waals surface area contributed by atoms with Crippen LogP contribution in [0.25, 0.3) is 0 Å². The summed E-state index contributed by atoms with van der Waals surface area (Å²) in [6.07, 6.45) is 0. The minimum absolute atomic E-state index is 0.112. The topological polar surface area (TPSA) is 38.8 Å². The largest absolute Gasteiger partial charge is 0.491 e. The lowest BCUT2D eigenvalue weighted by atomic mass is 9.92. The zero-order valence-electron chi connectivity index (χ0n) is 15.5. The molecule has 0 aliphatic carbocycles. The van der Waals surface area contributed by atoms with Crippen molar-refractivity contribution < 1.29 is 14.3 Å². The van der Waals surface area contributed by atoms with Crippen molar-refractivity contribution in [1.82, 2.24) is 4.90 Å². The summed E-state index contributed by atoms with van der Waals surface area (Å²) in [5.41, 5.74) is 1.69. The van der Waals surface area contributed by atoms with Crippen LogP contribution in [0, 0.1) is 6.92 Å². The highest BCUT2D eigenvalue weighted by Gasteiger charge is 2.46. The molecule has 4 rings (SSSR count). The van der Waals surface area contributed by atoms with Gasteiger partial charge in [0.1, 0.15) is 17.1 Å². The van der Waals surface area contributed by atoms with E-state index in [2.05, 4.69) is 20.8 Å². The number of thioether (sulfide) groups is 1. The summed E-state index contributed by atoms with van der Waals surface area (Å²) in [5, 5.41) is 0.683. The minimum atomic E-state index is -0.715. The maximum Gasteiger partial charge on any atom is 0.187 e. The fourth-order valence-electron chi connectivity index (χ4n) is 3.53. The molecule has 2 aliphatic heterocycles. The Morgan fingerprint density at radius 2 is 1.93 bits per heavy atom. The number of carbonyl (C=O) groups is 1. The quantitative estimate of drug-likeness (QED) is 0.623. The van der Waals surface area contributed by atoms with Crippen LogP contribution < -0.4 is 4.74 Å². The second-order valence-electron chi connectivity index (χ2n) is 7.15. The van der Waals surface area contributed by atoms with Crippen LogP contribution in [0.2, 0.25) is 5.02 Å². The van der Waals surface area contributed by atoms with E-state index in [1.807, 2.05) is 43.3 Å². The maximum atomic E-state index is 13.7. The first-order valence-electron chi connectivity index (χ1n) is 9.19. The number of aryl methyl sites for hydroxylation is 1. The van der Waals surface area contributed by atoms with Gasteiger partial charge in [-0.3, -0.25) is 9.69 Å². The van der Waals surface area contributed by atoms with Crippen molar-refractivity contribution >= 4 is 45.1 Å². The van der Waals surface area contributed by atoms with Gasteiger partial charge in [0.2, 0.25) is 0 Å². The molecule has 2 heterocycles.